The second-order valence-corrected chi connectivity index (χ2v) is 9.19. The van der Waals surface area contributed by atoms with Crippen molar-refractivity contribution in [3.05, 3.63) is 12.2 Å². The van der Waals surface area contributed by atoms with Crippen LogP contribution in [-0.2, 0) is 0 Å². The molecule has 23 heavy (non-hydrogen) atoms. The third-order valence-corrected chi connectivity index (χ3v) is 5.45. The summed E-state index contributed by atoms with van der Waals surface area (Å²) in [7, 11) is 0. The maximum atomic E-state index is 9.67. The Morgan fingerprint density at radius 2 is 1.43 bits per heavy atom. The first kappa shape index (κ1) is 22.7. The van der Waals surface area contributed by atoms with E-state index in [0.29, 0.717) is 23.7 Å². The normalized spacial score (nSPS) is 18.3. The van der Waals surface area contributed by atoms with Gasteiger partial charge in [-0.1, -0.05) is 67.0 Å². The van der Waals surface area contributed by atoms with Crippen LogP contribution in [0.5, 0.6) is 0 Å². The summed E-state index contributed by atoms with van der Waals surface area (Å²) < 4.78 is 0. The lowest BCUT2D eigenvalue weighted by Crippen LogP contribution is -2.32. The van der Waals surface area contributed by atoms with Crippen LogP contribution in [0.25, 0.3) is 0 Å². The highest BCUT2D eigenvalue weighted by atomic mass is 16.5. The Labute approximate surface area is 145 Å². The van der Waals surface area contributed by atoms with E-state index in [-0.39, 0.29) is 5.92 Å². The SMILES string of the molecule is C=C(C[C@H](C)C(C)(O)O)C(C)C[C@H](C)CC(C)(C)C[C@@H](C)CC. The molecule has 2 heteroatoms. The molecular formula is C21H42O2. The fraction of sp³-hybridized carbons (Fsp3) is 0.905. The summed E-state index contributed by atoms with van der Waals surface area (Å²) >= 11 is 0. The summed E-state index contributed by atoms with van der Waals surface area (Å²) in [6.07, 6.45) is 5.58. The van der Waals surface area contributed by atoms with E-state index >= 15 is 0 Å². The number of allylic oxidation sites excluding steroid dienone is 1. The molecule has 2 nitrogen and oxygen atoms in total. The van der Waals surface area contributed by atoms with E-state index < -0.39 is 5.79 Å². The average molecular weight is 327 g/mol. The minimum atomic E-state index is -1.62. The predicted molar refractivity (Wildman–Crippen MR) is 101 cm³/mol. The van der Waals surface area contributed by atoms with Crippen LogP contribution in [0.1, 0.15) is 87.5 Å². The van der Waals surface area contributed by atoms with Crippen molar-refractivity contribution in [1.29, 1.82) is 0 Å². The largest absolute Gasteiger partial charge is 0.366 e. The summed E-state index contributed by atoms with van der Waals surface area (Å²) in [4.78, 5) is 0. The lowest BCUT2D eigenvalue weighted by atomic mass is 9.74. The Morgan fingerprint density at radius 3 is 1.87 bits per heavy atom. The molecule has 1 unspecified atom stereocenters. The van der Waals surface area contributed by atoms with Gasteiger partial charge in [0.1, 0.15) is 0 Å². The van der Waals surface area contributed by atoms with Gasteiger partial charge in [-0.25, -0.2) is 0 Å². The molecule has 0 radical (unpaired) electrons. The maximum Gasteiger partial charge on any atom is 0.162 e. The maximum absolute atomic E-state index is 9.67. The summed E-state index contributed by atoms with van der Waals surface area (Å²) in [5.41, 5.74) is 1.52. The number of aliphatic hydroxyl groups is 2. The highest BCUT2D eigenvalue weighted by Crippen LogP contribution is 2.37. The van der Waals surface area contributed by atoms with Crippen LogP contribution in [0.4, 0.5) is 0 Å². The van der Waals surface area contributed by atoms with E-state index in [4.69, 9.17) is 0 Å². The van der Waals surface area contributed by atoms with Gasteiger partial charge in [0.25, 0.3) is 0 Å². The van der Waals surface area contributed by atoms with Gasteiger partial charge in [-0.3, -0.25) is 0 Å². The zero-order chi connectivity index (χ0) is 18.4. The highest BCUT2D eigenvalue weighted by Gasteiger charge is 2.28. The third-order valence-electron chi connectivity index (χ3n) is 5.45. The fourth-order valence-electron chi connectivity index (χ4n) is 3.76. The van der Waals surface area contributed by atoms with Crippen molar-refractivity contribution >= 4 is 0 Å². The molecule has 0 aliphatic rings. The summed E-state index contributed by atoms with van der Waals surface area (Å²) in [5.74, 6) is 0.0683. The predicted octanol–water partition coefficient (Wildman–Crippen LogP) is 5.78. The zero-order valence-corrected chi connectivity index (χ0v) is 16.9. The van der Waals surface area contributed by atoms with Crippen molar-refractivity contribution in [2.24, 2.45) is 29.1 Å². The molecule has 4 atom stereocenters. The lowest BCUT2D eigenvalue weighted by molar-refractivity contribution is -0.180. The number of hydrogen-bond acceptors (Lipinski definition) is 2. The Bertz CT molecular complexity index is 351. The quantitative estimate of drug-likeness (QED) is 0.373. The van der Waals surface area contributed by atoms with Crippen molar-refractivity contribution in [3.8, 4) is 0 Å². The Kier molecular flexibility index (Phi) is 9.09. The van der Waals surface area contributed by atoms with Crippen molar-refractivity contribution in [1.82, 2.24) is 0 Å². The van der Waals surface area contributed by atoms with Crippen LogP contribution in [0.2, 0.25) is 0 Å². The standard InChI is InChI=1S/C21H42O2/c1-10-15(2)13-20(7,8)14-16(3)11-17(4)18(5)12-19(6)21(9,22)23/h15-17,19,22-23H,5,10-14H2,1-4,6-9H3/t15-,16-,17?,19-/m0/s1. The van der Waals surface area contributed by atoms with Gasteiger partial charge in [-0.2, -0.15) is 0 Å². The number of hydrogen-bond donors (Lipinski definition) is 2. The summed E-state index contributed by atoms with van der Waals surface area (Å²) in [6.45, 7) is 21.5. The van der Waals surface area contributed by atoms with Crippen LogP contribution in [0.3, 0.4) is 0 Å². The smallest absolute Gasteiger partial charge is 0.162 e. The first-order valence-electron chi connectivity index (χ1n) is 9.40. The molecule has 0 aliphatic heterocycles. The second kappa shape index (κ2) is 9.22. The van der Waals surface area contributed by atoms with Crippen LogP contribution in [-0.4, -0.2) is 16.0 Å². The molecule has 0 aromatic heterocycles. The Hall–Kier alpha value is -0.340. The molecule has 0 aromatic rings. The van der Waals surface area contributed by atoms with Crippen LogP contribution < -0.4 is 0 Å². The molecule has 0 spiro atoms. The molecule has 0 amide bonds. The van der Waals surface area contributed by atoms with Crippen molar-refractivity contribution in [2.45, 2.75) is 93.3 Å². The minimum absolute atomic E-state index is 0.186. The van der Waals surface area contributed by atoms with Gasteiger partial charge < -0.3 is 10.2 Å². The Morgan fingerprint density at radius 1 is 0.957 bits per heavy atom. The Balaban J connectivity index is 4.43. The van der Waals surface area contributed by atoms with Gasteiger partial charge in [0.05, 0.1) is 0 Å². The topological polar surface area (TPSA) is 40.5 Å². The third kappa shape index (κ3) is 9.52. The average Bonchev–Trinajstić information content (AvgIpc) is 2.35. The lowest BCUT2D eigenvalue weighted by Gasteiger charge is -2.32. The molecule has 138 valence electrons. The summed E-state index contributed by atoms with van der Waals surface area (Å²) in [6, 6.07) is 0. The molecule has 0 fully saturated rings. The van der Waals surface area contributed by atoms with Crippen molar-refractivity contribution < 1.29 is 10.2 Å². The van der Waals surface area contributed by atoms with Gasteiger partial charge >= 0.3 is 0 Å². The van der Waals surface area contributed by atoms with Crippen LogP contribution >= 0.6 is 0 Å². The molecule has 0 rings (SSSR count). The van der Waals surface area contributed by atoms with E-state index in [1.807, 2.05) is 6.92 Å². The van der Waals surface area contributed by atoms with Gasteiger partial charge in [0.15, 0.2) is 5.79 Å². The molecule has 0 saturated carbocycles. The van der Waals surface area contributed by atoms with E-state index in [1.165, 1.54) is 26.2 Å². The molecular weight excluding hydrogens is 284 g/mol. The highest BCUT2D eigenvalue weighted by molar-refractivity contribution is 5.01. The second-order valence-electron chi connectivity index (χ2n) is 9.19. The zero-order valence-electron chi connectivity index (χ0n) is 16.9. The fourth-order valence-corrected chi connectivity index (χ4v) is 3.76. The molecule has 2 N–H and O–H groups in total. The molecule has 0 saturated heterocycles. The molecule has 0 heterocycles. The van der Waals surface area contributed by atoms with Gasteiger partial charge in [-0.15, -0.1) is 0 Å². The van der Waals surface area contributed by atoms with E-state index in [1.54, 1.807) is 0 Å². The molecule has 0 aliphatic carbocycles. The minimum Gasteiger partial charge on any atom is -0.366 e. The number of rotatable bonds is 11. The monoisotopic (exact) mass is 326 g/mol. The first-order valence-corrected chi connectivity index (χ1v) is 9.40. The van der Waals surface area contributed by atoms with E-state index in [0.717, 1.165) is 17.9 Å². The van der Waals surface area contributed by atoms with Gasteiger partial charge in [0.2, 0.25) is 0 Å². The van der Waals surface area contributed by atoms with Crippen LogP contribution in [0.15, 0.2) is 12.2 Å². The first-order chi connectivity index (χ1) is 10.3. The van der Waals surface area contributed by atoms with E-state index in [9.17, 15) is 10.2 Å². The van der Waals surface area contributed by atoms with E-state index in [2.05, 4.69) is 48.1 Å². The van der Waals surface area contributed by atoms with Crippen LogP contribution in [0, 0.1) is 29.1 Å². The molecule has 0 aromatic carbocycles. The summed E-state index contributed by atoms with van der Waals surface area (Å²) in [5, 5.41) is 19.3. The van der Waals surface area contributed by atoms with Gasteiger partial charge in [0, 0.05) is 5.92 Å². The van der Waals surface area contributed by atoms with Crippen molar-refractivity contribution in [2.75, 3.05) is 0 Å². The molecule has 0 bridgehead atoms. The van der Waals surface area contributed by atoms with Crippen molar-refractivity contribution in [3.63, 3.8) is 0 Å². The van der Waals surface area contributed by atoms with Gasteiger partial charge in [-0.05, 0) is 55.8 Å².